The summed E-state index contributed by atoms with van der Waals surface area (Å²) >= 11 is 0. The normalized spacial score (nSPS) is 39.5. The zero-order chi connectivity index (χ0) is 26.1. The lowest BCUT2D eigenvalue weighted by molar-refractivity contribution is -0.238. The molecule has 4 N–H and O–H groups in total. The Labute approximate surface area is 209 Å². The Morgan fingerprint density at radius 1 is 1.09 bits per heavy atom. The molecular formula is C27H46O8. The van der Waals surface area contributed by atoms with Gasteiger partial charge in [0.15, 0.2) is 6.29 Å². The van der Waals surface area contributed by atoms with Crippen molar-refractivity contribution in [2.75, 3.05) is 34.5 Å². The van der Waals surface area contributed by atoms with Gasteiger partial charge < -0.3 is 39.4 Å². The van der Waals surface area contributed by atoms with Crippen molar-refractivity contribution >= 4 is 0 Å². The second kappa shape index (κ2) is 11.7. The third-order valence-electron chi connectivity index (χ3n) is 8.58. The van der Waals surface area contributed by atoms with E-state index in [-0.39, 0.29) is 30.3 Å². The summed E-state index contributed by atoms with van der Waals surface area (Å²) in [6, 6.07) is 0. The lowest BCUT2D eigenvalue weighted by Crippen LogP contribution is -2.51. The van der Waals surface area contributed by atoms with Crippen molar-refractivity contribution in [3.63, 3.8) is 0 Å². The largest absolute Gasteiger partial charge is 0.392 e. The minimum atomic E-state index is -1.38. The molecule has 3 rings (SSSR count). The van der Waals surface area contributed by atoms with E-state index < -0.39 is 42.2 Å². The van der Waals surface area contributed by atoms with Crippen molar-refractivity contribution in [3.05, 3.63) is 22.8 Å². The standard InChI is InChI=1S/C27H46O8/c1-14(2)18-10-21(29)27(4)11-19-16(12-32-5)8-9-17(19)15(3)23(30)25(22(18)27)35-26(34-7)24(31)20(28)13-33-6/h11,14-17,20-21,23-26,28-31H,8-10,12-13H2,1-7H3/b19-11-/t15-,16-,17+,20?,21+,23-,24?,25-,26-,27+/m1/s1. The van der Waals surface area contributed by atoms with Crippen LogP contribution < -0.4 is 0 Å². The van der Waals surface area contributed by atoms with Gasteiger partial charge in [-0.2, -0.15) is 0 Å². The van der Waals surface area contributed by atoms with Crippen LogP contribution in [0.25, 0.3) is 0 Å². The number of hydrogen-bond donors (Lipinski definition) is 4. The Morgan fingerprint density at radius 3 is 2.34 bits per heavy atom. The Morgan fingerprint density at radius 2 is 1.77 bits per heavy atom. The molecule has 1 fully saturated rings. The van der Waals surface area contributed by atoms with Gasteiger partial charge in [-0.3, -0.25) is 0 Å². The molecule has 0 spiro atoms. The van der Waals surface area contributed by atoms with Crippen LogP contribution >= 0.6 is 0 Å². The molecule has 0 amide bonds. The number of methoxy groups -OCH3 is 3. The Hall–Kier alpha value is -0.840. The molecule has 202 valence electrons. The molecule has 0 heterocycles. The second-order valence-electron chi connectivity index (χ2n) is 11.1. The summed E-state index contributed by atoms with van der Waals surface area (Å²) in [5, 5.41) is 44.2. The fourth-order valence-electron chi connectivity index (χ4n) is 6.50. The van der Waals surface area contributed by atoms with Crippen LogP contribution in [-0.4, -0.2) is 91.8 Å². The first kappa shape index (κ1) is 28.7. The second-order valence-corrected chi connectivity index (χ2v) is 11.1. The van der Waals surface area contributed by atoms with Crippen molar-refractivity contribution in [1.29, 1.82) is 0 Å². The van der Waals surface area contributed by atoms with Gasteiger partial charge in [0.1, 0.15) is 18.3 Å². The van der Waals surface area contributed by atoms with Gasteiger partial charge in [-0.05, 0) is 49.5 Å². The van der Waals surface area contributed by atoms with E-state index in [0.29, 0.717) is 13.0 Å². The van der Waals surface area contributed by atoms with Crippen LogP contribution in [0.3, 0.4) is 0 Å². The number of aliphatic hydroxyl groups is 4. The minimum Gasteiger partial charge on any atom is -0.392 e. The van der Waals surface area contributed by atoms with E-state index in [4.69, 9.17) is 18.9 Å². The summed E-state index contributed by atoms with van der Waals surface area (Å²) in [5.74, 6) is 0.389. The van der Waals surface area contributed by atoms with Gasteiger partial charge in [-0.25, -0.2) is 0 Å². The van der Waals surface area contributed by atoms with E-state index >= 15 is 0 Å². The Balaban J connectivity index is 2.12. The van der Waals surface area contributed by atoms with Crippen molar-refractivity contribution in [2.24, 2.45) is 29.1 Å². The highest BCUT2D eigenvalue weighted by molar-refractivity contribution is 5.43. The maximum Gasteiger partial charge on any atom is 0.186 e. The van der Waals surface area contributed by atoms with Crippen molar-refractivity contribution in [3.8, 4) is 0 Å². The fourth-order valence-corrected chi connectivity index (χ4v) is 6.50. The van der Waals surface area contributed by atoms with Crippen LogP contribution in [0.5, 0.6) is 0 Å². The highest BCUT2D eigenvalue weighted by atomic mass is 16.7. The summed E-state index contributed by atoms with van der Waals surface area (Å²) < 4.78 is 22.3. The molecule has 0 aromatic rings. The SMILES string of the molecule is COCC(O)C(O)[C@H](OC)O[C@@H]1C2=C(C(C)C)C[C@H](O)[C@]2(C)/C=C2/[C@@H](COC)CC[C@H]2[C@@H](C)[C@H]1O. The molecule has 2 unspecified atom stereocenters. The zero-order valence-electron chi connectivity index (χ0n) is 22.3. The average molecular weight is 499 g/mol. The van der Waals surface area contributed by atoms with Gasteiger partial charge >= 0.3 is 0 Å². The molecular weight excluding hydrogens is 452 g/mol. The predicted octanol–water partition coefficient (Wildman–Crippen LogP) is 2.05. The van der Waals surface area contributed by atoms with Gasteiger partial charge in [0.05, 0.1) is 25.4 Å². The predicted molar refractivity (Wildman–Crippen MR) is 131 cm³/mol. The Kier molecular flexibility index (Phi) is 9.60. The molecule has 0 aromatic carbocycles. The molecule has 8 nitrogen and oxygen atoms in total. The topological polar surface area (TPSA) is 118 Å². The van der Waals surface area contributed by atoms with Crippen molar-refractivity contribution < 1.29 is 39.4 Å². The summed E-state index contributed by atoms with van der Waals surface area (Å²) in [7, 11) is 4.55. The minimum absolute atomic E-state index is 0.0839. The molecule has 8 heteroatoms. The summed E-state index contributed by atoms with van der Waals surface area (Å²) in [6.07, 6.45) is -1.57. The Bertz CT molecular complexity index is 779. The number of aliphatic hydroxyl groups excluding tert-OH is 4. The molecule has 3 aliphatic carbocycles. The maximum atomic E-state index is 11.8. The van der Waals surface area contributed by atoms with Crippen molar-refractivity contribution in [1.82, 2.24) is 0 Å². The van der Waals surface area contributed by atoms with Gasteiger partial charge in [0.25, 0.3) is 0 Å². The molecule has 1 saturated carbocycles. The van der Waals surface area contributed by atoms with E-state index in [1.165, 1.54) is 19.8 Å². The average Bonchev–Trinajstić information content (AvgIpc) is 3.31. The number of fused-ring (bicyclic) bond motifs is 2. The van der Waals surface area contributed by atoms with Gasteiger partial charge in [-0.15, -0.1) is 0 Å². The summed E-state index contributed by atoms with van der Waals surface area (Å²) in [6.45, 7) is 8.75. The number of rotatable bonds is 10. The van der Waals surface area contributed by atoms with E-state index in [9.17, 15) is 20.4 Å². The van der Waals surface area contributed by atoms with E-state index in [1.54, 1.807) is 7.11 Å². The van der Waals surface area contributed by atoms with Gasteiger partial charge in [0.2, 0.25) is 0 Å². The van der Waals surface area contributed by atoms with E-state index in [2.05, 4.69) is 19.9 Å². The fraction of sp³-hybridized carbons (Fsp3) is 0.852. The van der Waals surface area contributed by atoms with Crippen LogP contribution in [0, 0.1) is 29.1 Å². The van der Waals surface area contributed by atoms with E-state index in [0.717, 1.165) is 24.0 Å². The van der Waals surface area contributed by atoms with Gasteiger partial charge in [0, 0.05) is 32.7 Å². The quantitative estimate of drug-likeness (QED) is 0.267. The van der Waals surface area contributed by atoms with Crippen LogP contribution in [-0.2, 0) is 18.9 Å². The lowest BCUT2D eigenvalue weighted by Gasteiger charge is -2.44. The van der Waals surface area contributed by atoms with Crippen LogP contribution in [0.1, 0.15) is 47.0 Å². The first-order chi connectivity index (χ1) is 16.5. The lowest BCUT2D eigenvalue weighted by atomic mass is 9.68. The highest BCUT2D eigenvalue weighted by Gasteiger charge is 2.53. The molecule has 0 saturated heterocycles. The van der Waals surface area contributed by atoms with Crippen molar-refractivity contribution in [2.45, 2.75) is 83.8 Å². The monoisotopic (exact) mass is 498 g/mol. The van der Waals surface area contributed by atoms with Gasteiger partial charge in [-0.1, -0.05) is 38.0 Å². The molecule has 0 radical (unpaired) electrons. The molecule has 35 heavy (non-hydrogen) atoms. The highest BCUT2D eigenvalue weighted by Crippen LogP contribution is 2.55. The third-order valence-corrected chi connectivity index (χ3v) is 8.58. The zero-order valence-corrected chi connectivity index (χ0v) is 22.3. The summed E-state index contributed by atoms with van der Waals surface area (Å²) in [4.78, 5) is 0. The smallest absolute Gasteiger partial charge is 0.186 e. The molecule has 10 atom stereocenters. The van der Waals surface area contributed by atoms with E-state index in [1.807, 2.05) is 13.8 Å². The third kappa shape index (κ3) is 5.41. The number of hydrogen-bond acceptors (Lipinski definition) is 8. The molecule has 0 aromatic heterocycles. The summed E-state index contributed by atoms with van der Waals surface area (Å²) in [5.41, 5.74) is 2.40. The molecule has 0 bridgehead atoms. The van der Waals surface area contributed by atoms with Crippen LogP contribution in [0.2, 0.25) is 0 Å². The first-order valence-electron chi connectivity index (χ1n) is 12.9. The maximum absolute atomic E-state index is 11.8. The van der Waals surface area contributed by atoms with Crippen LogP contribution in [0.4, 0.5) is 0 Å². The molecule has 3 aliphatic rings. The van der Waals surface area contributed by atoms with Crippen LogP contribution in [0.15, 0.2) is 22.8 Å². The first-order valence-corrected chi connectivity index (χ1v) is 12.9. The molecule has 0 aliphatic heterocycles. The number of ether oxygens (including phenoxy) is 4.